The molecule has 0 saturated heterocycles. The molecule has 28 heavy (non-hydrogen) atoms. The Morgan fingerprint density at radius 3 is 2.82 bits per heavy atom. The molecule has 1 aliphatic heterocycles. The lowest BCUT2D eigenvalue weighted by atomic mass is 10.1. The maximum atomic E-state index is 12.3. The molecule has 1 N–H and O–H groups in total. The molecule has 7 nitrogen and oxygen atoms in total. The number of esters is 1. The van der Waals surface area contributed by atoms with Crippen LogP contribution >= 0.6 is 0 Å². The number of carbonyl (C=O) groups excluding carboxylic acids is 3. The van der Waals surface area contributed by atoms with Crippen molar-refractivity contribution in [1.29, 1.82) is 0 Å². The minimum atomic E-state index is -0.664. The first kappa shape index (κ1) is 19.4. The van der Waals surface area contributed by atoms with Crippen LogP contribution in [0, 0.1) is 0 Å². The quantitative estimate of drug-likeness (QED) is 0.776. The number of benzene rings is 2. The van der Waals surface area contributed by atoms with Crippen molar-refractivity contribution in [3.63, 3.8) is 0 Å². The molecule has 0 fully saturated rings. The van der Waals surface area contributed by atoms with Crippen LogP contribution in [0.2, 0.25) is 0 Å². The third-order valence-corrected chi connectivity index (χ3v) is 4.30. The van der Waals surface area contributed by atoms with Gasteiger partial charge in [0.1, 0.15) is 12.3 Å². The van der Waals surface area contributed by atoms with Gasteiger partial charge in [-0.05, 0) is 36.2 Å². The summed E-state index contributed by atoms with van der Waals surface area (Å²) in [5.74, 6) is -0.799. The fourth-order valence-corrected chi connectivity index (χ4v) is 2.88. The SMILES string of the molecule is CCc1cccc(NC(=O)COC(=O)CN2C(=O)CCOc3ccccc32)c1. The number of fused-ring (bicyclic) bond motifs is 1. The van der Waals surface area contributed by atoms with E-state index in [0.717, 1.165) is 12.0 Å². The maximum absolute atomic E-state index is 12.3. The Kier molecular flexibility index (Phi) is 6.26. The topological polar surface area (TPSA) is 84.9 Å². The van der Waals surface area contributed by atoms with Gasteiger partial charge in [-0.15, -0.1) is 0 Å². The summed E-state index contributed by atoms with van der Waals surface area (Å²) in [7, 11) is 0. The summed E-state index contributed by atoms with van der Waals surface area (Å²) in [5, 5.41) is 2.69. The van der Waals surface area contributed by atoms with Gasteiger partial charge in [-0.25, -0.2) is 0 Å². The molecule has 0 atom stereocenters. The van der Waals surface area contributed by atoms with Crippen LogP contribution in [0.1, 0.15) is 18.9 Å². The van der Waals surface area contributed by atoms with Crippen LogP contribution < -0.4 is 15.0 Å². The van der Waals surface area contributed by atoms with Crippen LogP contribution in [0.25, 0.3) is 0 Å². The number of hydrogen-bond donors (Lipinski definition) is 1. The molecule has 2 amide bonds. The lowest BCUT2D eigenvalue weighted by molar-refractivity contribution is -0.146. The number of amides is 2. The molecule has 0 radical (unpaired) electrons. The molecule has 146 valence electrons. The number of ether oxygens (including phenoxy) is 2. The van der Waals surface area contributed by atoms with E-state index < -0.39 is 18.5 Å². The zero-order chi connectivity index (χ0) is 19.9. The average Bonchev–Trinajstić information content (AvgIpc) is 2.85. The molecule has 3 rings (SSSR count). The number of aryl methyl sites for hydroxylation is 1. The van der Waals surface area contributed by atoms with E-state index in [9.17, 15) is 14.4 Å². The summed E-state index contributed by atoms with van der Waals surface area (Å²) in [4.78, 5) is 37.9. The summed E-state index contributed by atoms with van der Waals surface area (Å²) >= 11 is 0. The normalized spacial score (nSPS) is 13.2. The van der Waals surface area contributed by atoms with Crippen molar-refractivity contribution in [3.05, 3.63) is 54.1 Å². The third kappa shape index (κ3) is 4.88. The first-order valence-corrected chi connectivity index (χ1v) is 9.13. The third-order valence-electron chi connectivity index (χ3n) is 4.30. The maximum Gasteiger partial charge on any atom is 0.326 e. The molecule has 1 aliphatic rings. The molecule has 1 heterocycles. The van der Waals surface area contributed by atoms with E-state index in [1.807, 2.05) is 25.1 Å². The summed E-state index contributed by atoms with van der Waals surface area (Å²) in [6, 6.07) is 14.5. The molecule has 0 spiro atoms. The molecule has 7 heteroatoms. The molecular formula is C21H22N2O5. The van der Waals surface area contributed by atoms with Crippen molar-refractivity contribution in [2.75, 3.05) is 30.0 Å². The minimum Gasteiger partial charge on any atom is -0.491 e. The van der Waals surface area contributed by atoms with Crippen LogP contribution in [-0.2, 0) is 25.5 Å². The van der Waals surface area contributed by atoms with Crippen molar-refractivity contribution in [3.8, 4) is 5.75 Å². The lowest BCUT2D eigenvalue weighted by Crippen LogP contribution is -2.36. The van der Waals surface area contributed by atoms with Crippen LogP contribution in [0.4, 0.5) is 11.4 Å². The van der Waals surface area contributed by atoms with Crippen molar-refractivity contribution >= 4 is 29.2 Å². The lowest BCUT2D eigenvalue weighted by Gasteiger charge is -2.20. The highest BCUT2D eigenvalue weighted by Crippen LogP contribution is 2.30. The highest BCUT2D eigenvalue weighted by Gasteiger charge is 2.25. The standard InChI is InChI=1S/C21H22N2O5/c1-2-15-6-5-7-16(12-15)22-19(24)14-28-21(26)13-23-17-8-3-4-9-18(17)27-11-10-20(23)25/h3-9,12H,2,10-11,13-14H2,1H3,(H,22,24). The van der Waals surface area contributed by atoms with Gasteiger partial charge in [-0.3, -0.25) is 19.3 Å². The number of rotatable bonds is 6. The fourth-order valence-electron chi connectivity index (χ4n) is 2.88. The Morgan fingerprint density at radius 2 is 2.00 bits per heavy atom. The predicted octanol–water partition coefficient (Wildman–Crippen LogP) is 2.55. The van der Waals surface area contributed by atoms with Gasteiger partial charge in [-0.1, -0.05) is 31.2 Å². The Hall–Kier alpha value is -3.35. The Bertz CT molecular complexity index is 881. The first-order valence-electron chi connectivity index (χ1n) is 9.13. The zero-order valence-corrected chi connectivity index (χ0v) is 15.6. The van der Waals surface area contributed by atoms with E-state index >= 15 is 0 Å². The number of nitrogens with one attached hydrogen (secondary N) is 1. The number of anilines is 2. The average molecular weight is 382 g/mol. The molecule has 0 aliphatic carbocycles. The van der Waals surface area contributed by atoms with Gasteiger partial charge in [0, 0.05) is 5.69 Å². The van der Waals surface area contributed by atoms with E-state index in [1.54, 1.807) is 30.3 Å². The molecule has 0 bridgehead atoms. The van der Waals surface area contributed by atoms with E-state index in [-0.39, 0.29) is 25.5 Å². The van der Waals surface area contributed by atoms with Gasteiger partial charge in [0.15, 0.2) is 6.61 Å². The van der Waals surface area contributed by atoms with Crippen LogP contribution in [0.15, 0.2) is 48.5 Å². The highest BCUT2D eigenvalue weighted by atomic mass is 16.5. The summed E-state index contributed by atoms with van der Waals surface area (Å²) in [6.45, 7) is 1.57. The van der Waals surface area contributed by atoms with Crippen LogP contribution in [0.3, 0.4) is 0 Å². The van der Waals surface area contributed by atoms with Gasteiger partial charge in [0.05, 0.1) is 18.7 Å². The van der Waals surface area contributed by atoms with E-state index in [1.165, 1.54) is 4.90 Å². The molecule has 0 unspecified atom stereocenters. The van der Waals surface area contributed by atoms with Gasteiger partial charge in [0.2, 0.25) is 5.91 Å². The second-order valence-corrected chi connectivity index (χ2v) is 6.31. The Balaban J connectivity index is 1.56. The largest absolute Gasteiger partial charge is 0.491 e. The number of carbonyl (C=O) groups is 3. The van der Waals surface area contributed by atoms with Gasteiger partial charge in [0.25, 0.3) is 5.91 Å². The second kappa shape index (κ2) is 9.03. The van der Waals surface area contributed by atoms with Crippen LogP contribution in [-0.4, -0.2) is 37.5 Å². The zero-order valence-electron chi connectivity index (χ0n) is 15.6. The molecule has 2 aromatic carbocycles. The smallest absolute Gasteiger partial charge is 0.326 e. The predicted molar refractivity (Wildman–Crippen MR) is 104 cm³/mol. The molecule has 0 saturated carbocycles. The van der Waals surface area contributed by atoms with Crippen molar-refractivity contribution in [2.24, 2.45) is 0 Å². The van der Waals surface area contributed by atoms with Gasteiger partial charge < -0.3 is 14.8 Å². The summed E-state index contributed by atoms with van der Waals surface area (Å²) in [5.41, 5.74) is 2.26. The van der Waals surface area contributed by atoms with Crippen molar-refractivity contribution in [2.45, 2.75) is 19.8 Å². The van der Waals surface area contributed by atoms with Crippen molar-refractivity contribution in [1.82, 2.24) is 0 Å². The van der Waals surface area contributed by atoms with Crippen LogP contribution in [0.5, 0.6) is 5.75 Å². The second-order valence-electron chi connectivity index (χ2n) is 6.31. The molecule has 0 aromatic heterocycles. The Morgan fingerprint density at radius 1 is 1.18 bits per heavy atom. The fraction of sp³-hybridized carbons (Fsp3) is 0.286. The van der Waals surface area contributed by atoms with E-state index in [0.29, 0.717) is 17.1 Å². The van der Waals surface area contributed by atoms with Gasteiger partial charge >= 0.3 is 5.97 Å². The summed E-state index contributed by atoms with van der Waals surface area (Å²) < 4.78 is 10.6. The van der Waals surface area contributed by atoms with E-state index in [2.05, 4.69) is 5.32 Å². The number of hydrogen-bond acceptors (Lipinski definition) is 5. The van der Waals surface area contributed by atoms with Gasteiger partial charge in [-0.2, -0.15) is 0 Å². The first-order chi connectivity index (χ1) is 13.6. The Labute approximate surface area is 163 Å². The van der Waals surface area contributed by atoms with E-state index in [4.69, 9.17) is 9.47 Å². The monoisotopic (exact) mass is 382 g/mol. The number of para-hydroxylation sites is 2. The highest BCUT2D eigenvalue weighted by molar-refractivity contribution is 6.00. The molecule has 2 aromatic rings. The molecular weight excluding hydrogens is 360 g/mol. The minimum absolute atomic E-state index is 0.163. The summed E-state index contributed by atoms with van der Waals surface area (Å²) in [6.07, 6.45) is 1.02. The number of nitrogens with zero attached hydrogens (tertiary/aromatic N) is 1. The van der Waals surface area contributed by atoms with Crippen molar-refractivity contribution < 1.29 is 23.9 Å².